The Kier molecular flexibility index (Phi) is 3.82. The van der Waals surface area contributed by atoms with Crippen molar-refractivity contribution in [3.8, 4) is 0 Å². The van der Waals surface area contributed by atoms with Crippen molar-refractivity contribution in [2.24, 2.45) is 5.73 Å². The number of nitro benzene ring substituents is 1. The second kappa shape index (κ2) is 5.18. The standard InChI is InChI=1S/C11H14IN3O2/c12-8-3-4-10(11(6-8)15(16)17)14-5-1-2-9(14)7-13/h3-4,6,9H,1-2,5,7,13H2. The zero-order valence-corrected chi connectivity index (χ0v) is 11.5. The van der Waals surface area contributed by atoms with Gasteiger partial charge in [-0.3, -0.25) is 10.1 Å². The van der Waals surface area contributed by atoms with Crippen molar-refractivity contribution in [2.45, 2.75) is 18.9 Å². The van der Waals surface area contributed by atoms with Crippen LogP contribution in [0, 0.1) is 13.7 Å². The molecular weight excluding hydrogens is 333 g/mol. The van der Waals surface area contributed by atoms with E-state index in [0.717, 1.165) is 23.0 Å². The van der Waals surface area contributed by atoms with Gasteiger partial charge in [-0.25, -0.2) is 0 Å². The minimum absolute atomic E-state index is 0.178. The first kappa shape index (κ1) is 12.6. The van der Waals surface area contributed by atoms with Crippen LogP contribution in [0.4, 0.5) is 11.4 Å². The average molecular weight is 347 g/mol. The third-order valence-electron chi connectivity index (χ3n) is 3.09. The van der Waals surface area contributed by atoms with Crippen LogP contribution in [0.5, 0.6) is 0 Å². The molecule has 0 spiro atoms. The lowest BCUT2D eigenvalue weighted by Gasteiger charge is -2.25. The molecule has 0 radical (unpaired) electrons. The highest BCUT2D eigenvalue weighted by molar-refractivity contribution is 14.1. The Morgan fingerprint density at radius 3 is 3.00 bits per heavy atom. The minimum atomic E-state index is -0.316. The molecule has 0 aromatic heterocycles. The zero-order chi connectivity index (χ0) is 12.4. The molecule has 1 aromatic rings. The summed E-state index contributed by atoms with van der Waals surface area (Å²) in [6.07, 6.45) is 2.06. The Balaban J connectivity index is 2.40. The summed E-state index contributed by atoms with van der Waals surface area (Å²) in [5.74, 6) is 0. The van der Waals surface area contributed by atoms with Crippen molar-refractivity contribution in [1.29, 1.82) is 0 Å². The molecule has 1 aromatic carbocycles. The summed E-state index contributed by atoms with van der Waals surface area (Å²) in [7, 11) is 0. The molecule has 17 heavy (non-hydrogen) atoms. The molecule has 0 bridgehead atoms. The topological polar surface area (TPSA) is 72.4 Å². The highest BCUT2D eigenvalue weighted by Crippen LogP contribution is 2.34. The van der Waals surface area contributed by atoms with Gasteiger partial charge in [-0.2, -0.15) is 0 Å². The molecule has 5 nitrogen and oxygen atoms in total. The third kappa shape index (κ3) is 2.52. The molecule has 1 aliphatic heterocycles. The number of anilines is 1. The first-order chi connectivity index (χ1) is 8.13. The van der Waals surface area contributed by atoms with E-state index in [-0.39, 0.29) is 16.7 Å². The number of hydrogen-bond donors (Lipinski definition) is 1. The molecule has 0 saturated carbocycles. The monoisotopic (exact) mass is 347 g/mol. The summed E-state index contributed by atoms with van der Waals surface area (Å²) in [6, 6.07) is 5.57. The number of rotatable bonds is 3. The number of hydrogen-bond acceptors (Lipinski definition) is 4. The highest BCUT2D eigenvalue weighted by atomic mass is 127. The highest BCUT2D eigenvalue weighted by Gasteiger charge is 2.28. The molecule has 1 saturated heterocycles. The van der Waals surface area contributed by atoms with Crippen molar-refractivity contribution in [3.63, 3.8) is 0 Å². The zero-order valence-electron chi connectivity index (χ0n) is 9.30. The molecule has 1 atom stereocenters. The first-order valence-corrected chi connectivity index (χ1v) is 6.62. The van der Waals surface area contributed by atoms with E-state index in [2.05, 4.69) is 27.5 Å². The largest absolute Gasteiger partial charge is 0.362 e. The van der Waals surface area contributed by atoms with Gasteiger partial charge < -0.3 is 10.6 Å². The Morgan fingerprint density at radius 1 is 1.59 bits per heavy atom. The van der Waals surface area contributed by atoms with E-state index in [0.29, 0.717) is 12.2 Å². The summed E-state index contributed by atoms with van der Waals surface area (Å²) in [4.78, 5) is 12.8. The number of nitrogens with zero attached hydrogens (tertiary/aromatic N) is 2. The SMILES string of the molecule is NCC1CCCN1c1ccc(I)cc1[N+](=O)[O-]. The van der Waals surface area contributed by atoms with E-state index < -0.39 is 0 Å². The lowest BCUT2D eigenvalue weighted by Crippen LogP contribution is -2.35. The van der Waals surface area contributed by atoms with Gasteiger partial charge in [-0.05, 0) is 47.6 Å². The van der Waals surface area contributed by atoms with E-state index in [9.17, 15) is 10.1 Å². The van der Waals surface area contributed by atoms with Crippen LogP contribution in [0.1, 0.15) is 12.8 Å². The number of nitro groups is 1. The Bertz CT molecular complexity index is 439. The van der Waals surface area contributed by atoms with Crippen molar-refractivity contribution < 1.29 is 4.92 Å². The van der Waals surface area contributed by atoms with Crippen molar-refractivity contribution >= 4 is 34.0 Å². The lowest BCUT2D eigenvalue weighted by molar-refractivity contribution is -0.384. The molecular formula is C11H14IN3O2. The molecule has 92 valence electrons. The fourth-order valence-electron chi connectivity index (χ4n) is 2.28. The molecule has 0 amide bonds. The van der Waals surface area contributed by atoms with Crippen LogP contribution in [-0.4, -0.2) is 24.1 Å². The van der Waals surface area contributed by atoms with Crippen molar-refractivity contribution in [2.75, 3.05) is 18.0 Å². The van der Waals surface area contributed by atoms with E-state index in [1.165, 1.54) is 0 Å². The summed E-state index contributed by atoms with van der Waals surface area (Å²) < 4.78 is 0.876. The van der Waals surface area contributed by atoms with Crippen LogP contribution in [0.2, 0.25) is 0 Å². The smallest absolute Gasteiger partial charge is 0.293 e. The molecule has 2 rings (SSSR count). The van der Waals surface area contributed by atoms with Crippen LogP contribution in [-0.2, 0) is 0 Å². The van der Waals surface area contributed by atoms with Crippen LogP contribution >= 0.6 is 22.6 Å². The Hall–Kier alpha value is -0.890. The van der Waals surface area contributed by atoms with Gasteiger partial charge in [0.05, 0.1) is 4.92 Å². The van der Waals surface area contributed by atoms with Gasteiger partial charge in [-0.15, -0.1) is 0 Å². The van der Waals surface area contributed by atoms with E-state index >= 15 is 0 Å². The maximum atomic E-state index is 11.1. The maximum absolute atomic E-state index is 11.1. The van der Waals surface area contributed by atoms with Crippen molar-refractivity contribution in [1.82, 2.24) is 0 Å². The summed E-state index contributed by atoms with van der Waals surface area (Å²) in [5.41, 5.74) is 6.58. The molecule has 2 N–H and O–H groups in total. The normalized spacial score (nSPS) is 19.6. The van der Waals surface area contributed by atoms with Gasteiger partial charge in [0.15, 0.2) is 0 Å². The molecule has 6 heteroatoms. The van der Waals surface area contributed by atoms with Crippen molar-refractivity contribution in [3.05, 3.63) is 31.9 Å². The van der Waals surface area contributed by atoms with Crippen LogP contribution in [0.25, 0.3) is 0 Å². The maximum Gasteiger partial charge on any atom is 0.293 e. The predicted octanol–water partition coefficient (Wildman–Crippen LogP) is 2.13. The quantitative estimate of drug-likeness (QED) is 0.517. The molecule has 1 unspecified atom stereocenters. The van der Waals surface area contributed by atoms with Crippen LogP contribution < -0.4 is 10.6 Å². The molecule has 1 aliphatic rings. The van der Waals surface area contributed by atoms with Gasteiger partial charge >= 0.3 is 0 Å². The summed E-state index contributed by atoms with van der Waals surface area (Å²) in [5, 5.41) is 11.1. The van der Waals surface area contributed by atoms with Gasteiger partial charge in [-0.1, -0.05) is 0 Å². The summed E-state index contributed by atoms with van der Waals surface area (Å²) in [6.45, 7) is 1.40. The fourth-order valence-corrected chi connectivity index (χ4v) is 2.76. The van der Waals surface area contributed by atoms with Gasteiger partial charge in [0.1, 0.15) is 5.69 Å². The predicted molar refractivity (Wildman–Crippen MR) is 75.2 cm³/mol. The third-order valence-corrected chi connectivity index (χ3v) is 3.76. The Morgan fingerprint density at radius 2 is 2.35 bits per heavy atom. The van der Waals surface area contributed by atoms with Crippen LogP contribution in [0.15, 0.2) is 18.2 Å². The second-order valence-electron chi connectivity index (χ2n) is 4.12. The van der Waals surface area contributed by atoms with E-state index in [1.807, 2.05) is 12.1 Å². The molecule has 0 aliphatic carbocycles. The van der Waals surface area contributed by atoms with Gasteiger partial charge in [0.25, 0.3) is 5.69 Å². The van der Waals surface area contributed by atoms with Crippen LogP contribution in [0.3, 0.4) is 0 Å². The summed E-state index contributed by atoms with van der Waals surface area (Å²) >= 11 is 2.09. The Labute approximate surface area is 113 Å². The molecule has 1 fully saturated rings. The minimum Gasteiger partial charge on any atom is -0.362 e. The van der Waals surface area contributed by atoms with E-state index in [4.69, 9.17) is 5.73 Å². The number of benzene rings is 1. The lowest BCUT2D eigenvalue weighted by atomic mass is 10.2. The number of halogens is 1. The molecule has 1 heterocycles. The second-order valence-corrected chi connectivity index (χ2v) is 5.36. The van der Waals surface area contributed by atoms with Gasteiger partial charge in [0.2, 0.25) is 0 Å². The van der Waals surface area contributed by atoms with Gasteiger partial charge in [0, 0.05) is 28.8 Å². The number of nitrogens with two attached hydrogens (primary N) is 1. The average Bonchev–Trinajstić information content (AvgIpc) is 2.76. The first-order valence-electron chi connectivity index (χ1n) is 5.54. The van der Waals surface area contributed by atoms with E-state index in [1.54, 1.807) is 6.07 Å². The fraction of sp³-hybridized carbons (Fsp3) is 0.455.